The topological polar surface area (TPSA) is 35.2 Å². The predicted octanol–water partition coefficient (Wildman–Crippen LogP) is 3.54. The van der Waals surface area contributed by atoms with E-state index in [0.29, 0.717) is 5.92 Å². The van der Waals surface area contributed by atoms with Gasteiger partial charge in [-0.25, -0.2) is 0 Å². The molecule has 1 aromatic rings. The first kappa shape index (κ1) is 14.0. The van der Waals surface area contributed by atoms with E-state index in [2.05, 4.69) is 32.9 Å². The summed E-state index contributed by atoms with van der Waals surface area (Å²) < 4.78 is 5.53. The molecule has 0 saturated heterocycles. The maximum Gasteiger partial charge on any atom is 0.125 e. The molecular formula is C15H25NO. The Bertz CT molecular complexity index is 360. The van der Waals surface area contributed by atoms with Gasteiger partial charge in [0.15, 0.2) is 0 Å². The lowest BCUT2D eigenvalue weighted by atomic mass is 9.91. The van der Waals surface area contributed by atoms with Gasteiger partial charge in [-0.05, 0) is 50.3 Å². The summed E-state index contributed by atoms with van der Waals surface area (Å²) >= 11 is 0. The Morgan fingerprint density at radius 3 is 2.53 bits per heavy atom. The smallest absolute Gasteiger partial charge is 0.125 e. The Labute approximate surface area is 105 Å². The number of benzene rings is 1. The second kappa shape index (κ2) is 6.65. The minimum Gasteiger partial charge on any atom is -0.496 e. The molecule has 0 aliphatic carbocycles. The van der Waals surface area contributed by atoms with Crippen molar-refractivity contribution in [3.8, 4) is 5.75 Å². The van der Waals surface area contributed by atoms with Crippen molar-refractivity contribution in [2.24, 2.45) is 5.73 Å². The largest absolute Gasteiger partial charge is 0.496 e. The first-order chi connectivity index (χ1) is 8.10. The summed E-state index contributed by atoms with van der Waals surface area (Å²) in [5.41, 5.74) is 9.41. The number of methoxy groups -OCH3 is 1. The molecule has 0 fully saturated rings. The van der Waals surface area contributed by atoms with E-state index in [9.17, 15) is 0 Å². The molecular weight excluding hydrogens is 210 g/mol. The molecule has 0 aromatic heterocycles. The molecule has 1 unspecified atom stereocenters. The number of hydrogen-bond acceptors (Lipinski definition) is 2. The van der Waals surface area contributed by atoms with Crippen LogP contribution in [0.5, 0.6) is 5.75 Å². The number of aryl methyl sites for hydroxylation is 2. The van der Waals surface area contributed by atoms with Gasteiger partial charge in [0.2, 0.25) is 0 Å². The van der Waals surface area contributed by atoms with Gasteiger partial charge in [0.25, 0.3) is 0 Å². The van der Waals surface area contributed by atoms with Crippen LogP contribution in [-0.4, -0.2) is 13.7 Å². The van der Waals surface area contributed by atoms with Gasteiger partial charge in [-0.2, -0.15) is 0 Å². The fourth-order valence-corrected chi connectivity index (χ4v) is 2.38. The zero-order chi connectivity index (χ0) is 12.8. The van der Waals surface area contributed by atoms with Gasteiger partial charge in [-0.1, -0.05) is 31.0 Å². The fraction of sp³-hybridized carbons (Fsp3) is 0.600. The van der Waals surface area contributed by atoms with Gasteiger partial charge in [0.1, 0.15) is 5.75 Å². The van der Waals surface area contributed by atoms with Crippen LogP contribution in [0.15, 0.2) is 12.1 Å². The summed E-state index contributed by atoms with van der Waals surface area (Å²) in [6.45, 7) is 7.31. The molecule has 0 aliphatic heterocycles. The van der Waals surface area contributed by atoms with Crippen LogP contribution in [0.4, 0.5) is 0 Å². The normalized spacial score (nSPS) is 12.5. The summed E-state index contributed by atoms with van der Waals surface area (Å²) in [5, 5.41) is 0. The summed E-state index contributed by atoms with van der Waals surface area (Å²) in [4.78, 5) is 0. The third-order valence-corrected chi connectivity index (χ3v) is 3.27. The summed E-state index contributed by atoms with van der Waals surface area (Å²) in [6.07, 6.45) is 3.47. The van der Waals surface area contributed by atoms with E-state index in [1.807, 2.05) is 0 Å². The van der Waals surface area contributed by atoms with E-state index in [-0.39, 0.29) is 0 Å². The van der Waals surface area contributed by atoms with E-state index in [4.69, 9.17) is 10.5 Å². The number of hydrogen-bond donors (Lipinski definition) is 1. The minimum absolute atomic E-state index is 0.537. The van der Waals surface area contributed by atoms with Crippen molar-refractivity contribution in [3.63, 3.8) is 0 Å². The Balaban J connectivity index is 2.87. The third kappa shape index (κ3) is 3.74. The first-order valence-corrected chi connectivity index (χ1v) is 6.45. The number of nitrogens with two attached hydrogens (primary N) is 1. The molecule has 0 heterocycles. The van der Waals surface area contributed by atoms with Crippen LogP contribution < -0.4 is 10.5 Å². The zero-order valence-corrected chi connectivity index (χ0v) is 11.5. The molecule has 0 bridgehead atoms. The van der Waals surface area contributed by atoms with Crippen LogP contribution in [-0.2, 0) is 0 Å². The molecule has 2 N–H and O–H groups in total. The molecule has 17 heavy (non-hydrogen) atoms. The van der Waals surface area contributed by atoms with Crippen molar-refractivity contribution in [1.82, 2.24) is 0 Å². The van der Waals surface area contributed by atoms with Gasteiger partial charge in [-0.15, -0.1) is 0 Å². The molecule has 0 amide bonds. The molecule has 2 nitrogen and oxygen atoms in total. The van der Waals surface area contributed by atoms with Crippen molar-refractivity contribution < 1.29 is 4.74 Å². The van der Waals surface area contributed by atoms with Gasteiger partial charge in [0.05, 0.1) is 7.11 Å². The van der Waals surface area contributed by atoms with Gasteiger partial charge < -0.3 is 10.5 Å². The SMILES string of the molecule is COc1c(C)cc(C)cc1C(C)CCCCN. The van der Waals surface area contributed by atoms with Crippen molar-refractivity contribution in [2.45, 2.75) is 46.0 Å². The second-order valence-electron chi connectivity index (χ2n) is 4.89. The molecule has 0 spiro atoms. The highest BCUT2D eigenvalue weighted by Gasteiger charge is 2.13. The lowest BCUT2D eigenvalue weighted by Gasteiger charge is -2.18. The van der Waals surface area contributed by atoms with Crippen LogP contribution in [0.3, 0.4) is 0 Å². The molecule has 1 atom stereocenters. The summed E-state index contributed by atoms with van der Waals surface area (Å²) in [6, 6.07) is 4.42. The fourth-order valence-electron chi connectivity index (χ4n) is 2.38. The Kier molecular flexibility index (Phi) is 5.49. The molecule has 1 aromatic carbocycles. The molecule has 96 valence electrons. The van der Waals surface area contributed by atoms with E-state index in [1.165, 1.54) is 29.5 Å². The lowest BCUT2D eigenvalue weighted by Crippen LogP contribution is -2.03. The van der Waals surface area contributed by atoms with Crippen molar-refractivity contribution in [3.05, 3.63) is 28.8 Å². The third-order valence-electron chi connectivity index (χ3n) is 3.27. The zero-order valence-electron chi connectivity index (χ0n) is 11.5. The Morgan fingerprint density at radius 1 is 1.24 bits per heavy atom. The van der Waals surface area contributed by atoms with Crippen molar-refractivity contribution in [1.29, 1.82) is 0 Å². The van der Waals surface area contributed by atoms with Crippen LogP contribution in [0, 0.1) is 13.8 Å². The Hall–Kier alpha value is -1.02. The number of ether oxygens (including phenoxy) is 1. The van der Waals surface area contributed by atoms with Crippen molar-refractivity contribution in [2.75, 3.05) is 13.7 Å². The number of unbranched alkanes of at least 4 members (excludes halogenated alkanes) is 1. The van der Waals surface area contributed by atoms with E-state index in [0.717, 1.165) is 18.7 Å². The molecule has 0 saturated carbocycles. The highest BCUT2D eigenvalue weighted by atomic mass is 16.5. The molecule has 1 rings (SSSR count). The molecule has 2 heteroatoms. The van der Waals surface area contributed by atoms with Crippen LogP contribution in [0.2, 0.25) is 0 Å². The minimum atomic E-state index is 0.537. The molecule has 0 aliphatic rings. The maximum absolute atomic E-state index is 5.53. The first-order valence-electron chi connectivity index (χ1n) is 6.45. The van der Waals surface area contributed by atoms with Gasteiger partial charge in [-0.3, -0.25) is 0 Å². The van der Waals surface area contributed by atoms with Crippen LogP contribution >= 0.6 is 0 Å². The van der Waals surface area contributed by atoms with E-state index < -0.39 is 0 Å². The van der Waals surface area contributed by atoms with Gasteiger partial charge in [0, 0.05) is 0 Å². The van der Waals surface area contributed by atoms with E-state index in [1.54, 1.807) is 7.11 Å². The lowest BCUT2D eigenvalue weighted by molar-refractivity contribution is 0.401. The Morgan fingerprint density at radius 2 is 1.94 bits per heavy atom. The highest BCUT2D eigenvalue weighted by Crippen LogP contribution is 2.33. The van der Waals surface area contributed by atoms with Gasteiger partial charge >= 0.3 is 0 Å². The second-order valence-corrected chi connectivity index (χ2v) is 4.89. The van der Waals surface area contributed by atoms with E-state index >= 15 is 0 Å². The van der Waals surface area contributed by atoms with Crippen molar-refractivity contribution >= 4 is 0 Å². The highest BCUT2D eigenvalue weighted by molar-refractivity contribution is 5.45. The van der Waals surface area contributed by atoms with Crippen LogP contribution in [0.25, 0.3) is 0 Å². The molecule has 0 radical (unpaired) electrons. The maximum atomic E-state index is 5.53. The predicted molar refractivity (Wildman–Crippen MR) is 73.8 cm³/mol. The summed E-state index contributed by atoms with van der Waals surface area (Å²) in [5.74, 6) is 1.59. The number of rotatable bonds is 6. The average Bonchev–Trinajstić information content (AvgIpc) is 2.28. The standard InChI is InChI=1S/C15H25NO/c1-11-9-13(3)15(17-4)14(10-11)12(2)7-5-6-8-16/h9-10,12H,5-8,16H2,1-4H3. The monoisotopic (exact) mass is 235 g/mol. The van der Waals surface area contributed by atoms with Crippen LogP contribution in [0.1, 0.15) is 48.8 Å². The quantitative estimate of drug-likeness (QED) is 0.765. The summed E-state index contributed by atoms with van der Waals surface area (Å²) in [7, 11) is 1.76. The average molecular weight is 235 g/mol.